The summed E-state index contributed by atoms with van der Waals surface area (Å²) in [6.07, 6.45) is 3.28. The van der Waals surface area contributed by atoms with Gasteiger partial charge in [0.05, 0.1) is 38.4 Å². The number of sulfonamides is 1. The van der Waals surface area contributed by atoms with Crippen LogP contribution in [0.4, 0.5) is 0 Å². The molecule has 9 nitrogen and oxygen atoms in total. The fourth-order valence-corrected chi connectivity index (χ4v) is 8.08. The zero-order chi connectivity index (χ0) is 29.0. The van der Waals surface area contributed by atoms with E-state index in [9.17, 15) is 13.2 Å². The molecule has 2 atom stereocenters. The fraction of sp³-hybridized carbons (Fsp3) is 0.194. The minimum absolute atomic E-state index is 0.158. The lowest BCUT2D eigenvalue weighted by Crippen LogP contribution is -2.48. The van der Waals surface area contributed by atoms with Crippen LogP contribution in [0.2, 0.25) is 0 Å². The zero-order valence-corrected chi connectivity index (χ0v) is 24.5. The molecular weight excluding hydrogens is 571 g/mol. The van der Waals surface area contributed by atoms with Crippen LogP contribution in [0.1, 0.15) is 19.4 Å². The molecule has 1 saturated heterocycles. The van der Waals surface area contributed by atoms with Crippen LogP contribution in [0.15, 0.2) is 94.7 Å². The lowest BCUT2D eigenvalue weighted by atomic mass is 10.1. The molecule has 7 rings (SSSR count). The summed E-state index contributed by atoms with van der Waals surface area (Å²) in [5.74, 6) is 0. The van der Waals surface area contributed by atoms with Crippen LogP contribution in [0, 0.1) is 0 Å². The Balaban J connectivity index is 1.37. The SMILES string of the molecule is C[C@@H]1CN(S(=O)(=O)c2cccc(-c3nn(-c4ccccc4)cc3/C=c3\sc4nc5ccccc5n4c3=O)c2)C[C@@H](C)O1. The van der Waals surface area contributed by atoms with Crippen molar-refractivity contribution in [1.82, 2.24) is 23.5 Å². The number of morpholine rings is 1. The average Bonchev–Trinajstić information content (AvgIpc) is 3.66. The monoisotopic (exact) mass is 597 g/mol. The number of hydrogen-bond donors (Lipinski definition) is 0. The number of imidazole rings is 1. The molecule has 0 spiro atoms. The number of fused-ring (bicyclic) bond motifs is 3. The Bertz CT molecular complexity index is 2160. The second-order valence-corrected chi connectivity index (χ2v) is 13.4. The number of benzene rings is 3. The van der Waals surface area contributed by atoms with Gasteiger partial charge in [-0.2, -0.15) is 9.40 Å². The second-order valence-electron chi connectivity index (χ2n) is 10.5. The molecule has 3 aromatic heterocycles. The van der Waals surface area contributed by atoms with Crippen LogP contribution < -0.4 is 10.1 Å². The molecule has 11 heteroatoms. The third-order valence-corrected chi connectivity index (χ3v) is 10.1. The molecular formula is C31H27N5O4S2. The van der Waals surface area contributed by atoms with Crippen molar-refractivity contribution in [3.8, 4) is 16.9 Å². The van der Waals surface area contributed by atoms with Crippen LogP contribution in [0.5, 0.6) is 0 Å². The highest BCUT2D eigenvalue weighted by Crippen LogP contribution is 2.29. The summed E-state index contributed by atoms with van der Waals surface area (Å²) < 4.78 is 38.5. The van der Waals surface area contributed by atoms with Gasteiger partial charge < -0.3 is 4.74 Å². The number of rotatable bonds is 5. The van der Waals surface area contributed by atoms with E-state index in [0.717, 1.165) is 16.7 Å². The van der Waals surface area contributed by atoms with Gasteiger partial charge in [0, 0.05) is 30.4 Å². The van der Waals surface area contributed by atoms with Gasteiger partial charge >= 0.3 is 0 Å². The van der Waals surface area contributed by atoms with E-state index in [1.807, 2.05) is 86.8 Å². The number of hydrogen-bond acceptors (Lipinski definition) is 7. The van der Waals surface area contributed by atoms with Gasteiger partial charge in [0.25, 0.3) is 5.56 Å². The number of aromatic nitrogens is 4. The molecule has 0 N–H and O–H groups in total. The summed E-state index contributed by atoms with van der Waals surface area (Å²) >= 11 is 1.31. The quantitative estimate of drug-likeness (QED) is 0.297. The molecule has 42 heavy (non-hydrogen) atoms. The van der Waals surface area contributed by atoms with Gasteiger partial charge in [-0.15, -0.1) is 0 Å². The highest BCUT2D eigenvalue weighted by molar-refractivity contribution is 7.89. The lowest BCUT2D eigenvalue weighted by molar-refractivity contribution is -0.0440. The first kappa shape index (κ1) is 26.7. The molecule has 0 amide bonds. The third-order valence-electron chi connectivity index (χ3n) is 7.33. The second kappa shape index (κ2) is 10.3. The Morgan fingerprint density at radius 3 is 2.48 bits per heavy atom. The van der Waals surface area contributed by atoms with Crippen molar-refractivity contribution in [2.24, 2.45) is 0 Å². The van der Waals surface area contributed by atoms with Crippen LogP contribution in [0.3, 0.4) is 0 Å². The largest absolute Gasteiger partial charge is 0.373 e. The van der Waals surface area contributed by atoms with E-state index in [0.29, 0.717) is 39.4 Å². The predicted molar refractivity (Wildman–Crippen MR) is 163 cm³/mol. The minimum Gasteiger partial charge on any atom is -0.373 e. The van der Waals surface area contributed by atoms with E-state index < -0.39 is 10.0 Å². The van der Waals surface area contributed by atoms with Crippen molar-refractivity contribution in [3.63, 3.8) is 0 Å². The summed E-state index contributed by atoms with van der Waals surface area (Å²) in [6, 6.07) is 24.0. The van der Waals surface area contributed by atoms with Gasteiger partial charge in [0.2, 0.25) is 10.0 Å². The normalized spacial score (nSPS) is 18.8. The fourth-order valence-electron chi connectivity index (χ4n) is 5.46. The summed E-state index contributed by atoms with van der Waals surface area (Å²) in [6.45, 7) is 4.34. The Kier molecular flexibility index (Phi) is 6.54. The van der Waals surface area contributed by atoms with Crippen LogP contribution >= 0.6 is 11.3 Å². The molecule has 212 valence electrons. The molecule has 3 aromatic carbocycles. The first-order valence-corrected chi connectivity index (χ1v) is 15.9. The molecule has 0 unspecified atom stereocenters. The standard InChI is InChI=1S/C31H27N5O4S2/c1-20-17-34(18-21(2)40-20)42(38,39)25-12-8-9-22(15-25)29-23(19-35(33-29)24-10-4-3-5-11-24)16-28-30(37)36-27-14-7-6-13-26(27)32-31(36)41-28/h3-16,19-21H,17-18H2,1-2H3/b28-16-/t20-,21-/m1/s1. The maximum atomic E-state index is 13.7. The van der Waals surface area contributed by atoms with E-state index in [2.05, 4.69) is 4.98 Å². The molecule has 1 aliphatic rings. The minimum atomic E-state index is -3.76. The first-order valence-electron chi connectivity index (χ1n) is 13.6. The van der Waals surface area contributed by atoms with E-state index in [4.69, 9.17) is 9.84 Å². The van der Waals surface area contributed by atoms with Crippen molar-refractivity contribution in [3.05, 3.63) is 106 Å². The summed E-state index contributed by atoms with van der Waals surface area (Å²) in [7, 11) is -3.76. The zero-order valence-electron chi connectivity index (χ0n) is 22.9. The van der Waals surface area contributed by atoms with Crippen molar-refractivity contribution in [2.45, 2.75) is 31.0 Å². The maximum absolute atomic E-state index is 13.7. The third kappa shape index (κ3) is 4.64. The Hall–Kier alpha value is -4.16. The smallest absolute Gasteiger partial charge is 0.274 e. The number of ether oxygens (including phenoxy) is 1. The molecule has 0 bridgehead atoms. The van der Waals surface area contributed by atoms with E-state index in [1.165, 1.54) is 15.6 Å². The molecule has 1 fully saturated rings. The maximum Gasteiger partial charge on any atom is 0.274 e. The molecule has 0 saturated carbocycles. The lowest BCUT2D eigenvalue weighted by Gasteiger charge is -2.34. The Morgan fingerprint density at radius 1 is 0.952 bits per heavy atom. The van der Waals surface area contributed by atoms with Crippen LogP contribution in [-0.2, 0) is 14.8 Å². The summed E-state index contributed by atoms with van der Waals surface area (Å²) in [5.41, 5.74) is 4.10. The van der Waals surface area contributed by atoms with Crippen molar-refractivity contribution >= 4 is 43.4 Å². The van der Waals surface area contributed by atoms with Crippen molar-refractivity contribution < 1.29 is 13.2 Å². The highest BCUT2D eigenvalue weighted by atomic mass is 32.2. The van der Waals surface area contributed by atoms with Gasteiger partial charge in [-0.1, -0.05) is 53.8 Å². The van der Waals surface area contributed by atoms with Gasteiger partial charge in [-0.25, -0.2) is 22.5 Å². The summed E-state index contributed by atoms with van der Waals surface area (Å²) in [4.78, 5) is 19.0. The Morgan fingerprint density at radius 2 is 1.69 bits per heavy atom. The van der Waals surface area contributed by atoms with E-state index >= 15 is 0 Å². The predicted octanol–water partition coefficient (Wildman–Crippen LogP) is 4.11. The average molecular weight is 598 g/mol. The van der Waals surface area contributed by atoms with Crippen molar-refractivity contribution in [1.29, 1.82) is 0 Å². The summed E-state index contributed by atoms with van der Waals surface area (Å²) in [5, 5.41) is 4.86. The number of thiazole rings is 1. The molecule has 0 aliphatic carbocycles. The number of para-hydroxylation sites is 3. The Labute approximate surface area is 246 Å². The molecule has 4 heterocycles. The highest BCUT2D eigenvalue weighted by Gasteiger charge is 2.32. The van der Waals surface area contributed by atoms with E-state index in [-0.39, 0.29) is 22.7 Å². The van der Waals surface area contributed by atoms with Crippen LogP contribution in [0.25, 0.3) is 39.0 Å². The molecule has 6 aromatic rings. The first-order chi connectivity index (χ1) is 20.3. The van der Waals surface area contributed by atoms with Gasteiger partial charge in [0.15, 0.2) is 4.96 Å². The van der Waals surface area contributed by atoms with Crippen molar-refractivity contribution in [2.75, 3.05) is 13.1 Å². The van der Waals surface area contributed by atoms with Gasteiger partial charge in [-0.3, -0.25) is 4.79 Å². The van der Waals surface area contributed by atoms with Gasteiger partial charge in [0.1, 0.15) is 5.69 Å². The molecule has 0 radical (unpaired) electrons. The molecule has 1 aliphatic heterocycles. The van der Waals surface area contributed by atoms with E-state index in [1.54, 1.807) is 27.3 Å². The number of nitrogens with zero attached hydrogens (tertiary/aromatic N) is 5. The van der Waals surface area contributed by atoms with Gasteiger partial charge in [-0.05, 0) is 56.3 Å². The topological polar surface area (TPSA) is 98.8 Å². The van der Waals surface area contributed by atoms with Crippen LogP contribution in [-0.4, -0.2) is 57.2 Å².